The molecule has 2 heterocycles. The van der Waals surface area contributed by atoms with Crippen LogP contribution in [0.4, 0.5) is 14.5 Å². The van der Waals surface area contributed by atoms with E-state index < -0.39 is 17.2 Å². The van der Waals surface area contributed by atoms with Crippen LogP contribution in [0.5, 0.6) is 5.75 Å². The van der Waals surface area contributed by atoms with Gasteiger partial charge in [0.25, 0.3) is 6.43 Å². The third-order valence-electron chi connectivity index (χ3n) is 3.80. The summed E-state index contributed by atoms with van der Waals surface area (Å²) in [6, 6.07) is 5.10. The van der Waals surface area contributed by atoms with Gasteiger partial charge in [0, 0.05) is 5.56 Å². The fourth-order valence-electron chi connectivity index (χ4n) is 2.48. The van der Waals surface area contributed by atoms with Crippen LogP contribution in [0.1, 0.15) is 23.4 Å². The lowest BCUT2D eigenvalue weighted by Gasteiger charge is -2.09. The van der Waals surface area contributed by atoms with E-state index in [4.69, 9.17) is 4.74 Å². The molecule has 0 unspecified atom stereocenters. The Labute approximate surface area is 167 Å². The lowest BCUT2D eigenvalue weighted by atomic mass is 10.1. The van der Waals surface area contributed by atoms with Crippen molar-refractivity contribution in [2.24, 2.45) is 5.10 Å². The zero-order valence-electron chi connectivity index (χ0n) is 15.3. The van der Waals surface area contributed by atoms with E-state index in [0.29, 0.717) is 16.9 Å². The summed E-state index contributed by atoms with van der Waals surface area (Å²) in [6.07, 6.45) is 2.71. The number of nitrogens with zero attached hydrogens (tertiary/aromatic N) is 7. The number of thioether (sulfide) groups is 1. The van der Waals surface area contributed by atoms with Gasteiger partial charge < -0.3 is 4.74 Å². The smallest absolute Gasteiger partial charge is 0.307 e. The molecular weight excluding hydrogens is 408 g/mol. The first-order chi connectivity index (χ1) is 13.9. The van der Waals surface area contributed by atoms with Crippen LogP contribution in [0.3, 0.4) is 0 Å². The molecule has 10 nitrogen and oxygen atoms in total. The van der Waals surface area contributed by atoms with Crippen molar-refractivity contribution < 1.29 is 18.4 Å². The predicted octanol–water partition coefficient (Wildman–Crippen LogP) is 2.98. The van der Waals surface area contributed by atoms with Crippen molar-refractivity contribution in [1.82, 2.24) is 24.7 Å². The monoisotopic (exact) mass is 423 g/mol. The van der Waals surface area contributed by atoms with Crippen molar-refractivity contribution in [2.45, 2.75) is 18.1 Å². The van der Waals surface area contributed by atoms with Gasteiger partial charge in [0.05, 0.1) is 24.8 Å². The molecule has 3 rings (SSSR count). The van der Waals surface area contributed by atoms with Crippen LogP contribution in [0.2, 0.25) is 0 Å². The highest BCUT2D eigenvalue weighted by Crippen LogP contribution is 2.23. The minimum atomic E-state index is -2.82. The first kappa shape index (κ1) is 20.4. The quantitative estimate of drug-likeness (QED) is 0.237. The molecule has 0 saturated heterocycles. The summed E-state index contributed by atoms with van der Waals surface area (Å²) in [5, 5.41) is 26.2. The second-order valence-electron chi connectivity index (χ2n) is 5.63. The zero-order chi connectivity index (χ0) is 21.0. The maximum atomic E-state index is 13.1. The zero-order valence-corrected chi connectivity index (χ0v) is 16.1. The summed E-state index contributed by atoms with van der Waals surface area (Å²) in [7, 11) is 1.49. The number of methoxy groups -OCH3 is 1. The molecule has 29 heavy (non-hydrogen) atoms. The third kappa shape index (κ3) is 4.56. The molecule has 0 atom stereocenters. The summed E-state index contributed by atoms with van der Waals surface area (Å²) >= 11 is 1.14. The molecule has 0 N–H and O–H groups in total. The van der Waals surface area contributed by atoms with Gasteiger partial charge in [-0.2, -0.15) is 14.9 Å². The number of alkyl halides is 2. The average molecular weight is 423 g/mol. The van der Waals surface area contributed by atoms with Crippen molar-refractivity contribution in [3.8, 4) is 5.75 Å². The van der Waals surface area contributed by atoms with Crippen molar-refractivity contribution in [3.05, 3.63) is 57.7 Å². The number of halogens is 2. The van der Waals surface area contributed by atoms with E-state index in [2.05, 4.69) is 20.4 Å². The topological polar surface area (TPSA) is 113 Å². The molecular formula is C16H15F2N7O3S. The van der Waals surface area contributed by atoms with Crippen LogP contribution < -0.4 is 4.74 Å². The molecule has 2 aromatic heterocycles. The molecule has 3 aromatic rings. The number of aromatic nitrogens is 5. The molecule has 0 aliphatic carbocycles. The second-order valence-corrected chi connectivity index (χ2v) is 6.40. The van der Waals surface area contributed by atoms with Crippen LogP contribution >= 0.6 is 11.8 Å². The van der Waals surface area contributed by atoms with Gasteiger partial charge in [-0.25, -0.2) is 8.78 Å². The van der Waals surface area contributed by atoms with E-state index in [1.54, 1.807) is 24.5 Å². The van der Waals surface area contributed by atoms with Crippen LogP contribution in [-0.4, -0.2) is 49.2 Å². The Hall–Kier alpha value is -3.35. The molecule has 0 radical (unpaired) electrons. The Bertz CT molecular complexity index is 1050. The first-order valence-electron chi connectivity index (χ1n) is 8.08. The summed E-state index contributed by atoms with van der Waals surface area (Å²) in [6.45, 7) is 0.212. The fourth-order valence-corrected chi connectivity index (χ4v) is 2.92. The minimum Gasteiger partial charge on any atom is -0.496 e. The number of hydrogen-bond acceptors (Lipinski definition) is 8. The molecule has 0 bridgehead atoms. The molecule has 0 amide bonds. The fraction of sp³-hybridized carbons (Fsp3) is 0.250. The van der Waals surface area contributed by atoms with E-state index in [-0.39, 0.29) is 17.4 Å². The van der Waals surface area contributed by atoms with Gasteiger partial charge in [-0.3, -0.25) is 14.8 Å². The predicted molar refractivity (Wildman–Crippen MR) is 101 cm³/mol. The Morgan fingerprint density at radius 1 is 1.41 bits per heavy atom. The van der Waals surface area contributed by atoms with E-state index in [9.17, 15) is 18.9 Å². The second kappa shape index (κ2) is 8.77. The maximum Gasteiger partial charge on any atom is 0.307 e. The molecule has 0 saturated carbocycles. The van der Waals surface area contributed by atoms with E-state index in [1.807, 2.05) is 0 Å². The third-order valence-corrected chi connectivity index (χ3v) is 4.42. The normalized spacial score (nSPS) is 11.5. The van der Waals surface area contributed by atoms with Crippen LogP contribution in [0.25, 0.3) is 0 Å². The highest BCUT2D eigenvalue weighted by atomic mass is 32.2. The van der Waals surface area contributed by atoms with E-state index in [1.165, 1.54) is 24.2 Å². The number of benzene rings is 1. The molecule has 0 spiro atoms. The molecule has 13 heteroatoms. The largest absolute Gasteiger partial charge is 0.496 e. The van der Waals surface area contributed by atoms with Gasteiger partial charge in [-0.15, -0.1) is 10.2 Å². The van der Waals surface area contributed by atoms with Crippen molar-refractivity contribution >= 4 is 23.7 Å². The number of ether oxygens (including phenoxy) is 1. The van der Waals surface area contributed by atoms with Gasteiger partial charge in [-0.1, -0.05) is 11.8 Å². The van der Waals surface area contributed by atoms with Gasteiger partial charge in [-0.05, 0) is 30.0 Å². The molecule has 152 valence electrons. The Morgan fingerprint density at radius 2 is 2.21 bits per heavy atom. The van der Waals surface area contributed by atoms with Crippen LogP contribution in [-0.2, 0) is 6.54 Å². The highest BCUT2D eigenvalue weighted by molar-refractivity contribution is 7.98. The van der Waals surface area contributed by atoms with E-state index in [0.717, 1.165) is 22.6 Å². The van der Waals surface area contributed by atoms with Gasteiger partial charge >= 0.3 is 5.69 Å². The summed E-state index contributed by atoms with van der Waals surface area (Å²) < 4.78 is 33.9. The molecule has 1 aromatic carbocycles. The number of rotatable bonds is 8. The minimum absolute atomic E-state index is 0.126. The lowest BCUT2D eigenvalue weighted by molar-refractivity contribution is -0.385. The molecule has 0 fully saturated rings. The molecule has 0 aliphatic rings. The summed E-state index contributed by atoms with van der Waals surface area (Å²) in [4.78, 5) is 10.3. The highest BCUT2D eigenvalue weighted by Gasteiger charge is 2.19. The maximum absolute atomic E-state index is 13.1. The standard InChI is InChI=1S/C16H15F2N7O3S/c1-28-13-4-3-10(5-11(13)8-23-9-12(7-19-23)25(26)27)6-20-24-15(14(17)18)21-22-16(24)29-2/h3-7,9,14H,8H2,1-2H3. The Kier molecular flexibility index (Phi) is 6.16. The van der Waals surface area contributed by atoms with Crippen molar-refractivity contribution in [1.29, 1.82) is 0 Å². The summed E-state index contributed by atoms with van der Waals surface area (Å²) in [5.74, 6) is -0.00846. The Morgan fingerprint density at radius 3 is 2.83 bits per heavy atom. The number of nitro groups is 1. The first-order valence-corrected chi connectivity index (χ1v) is 9.31. The SMILES string of the molecule is COc1ccc(C=Nn2c(SC)nnc2C(F)F)cc1Cn1cc([N+](=O)[O-])cn1. The van der Waals surface area contributed by atoms with Crippen molar-refractivity contribution in [3.63, 3.8) is 0 Å². The van der Waals surface area contributed by atoms with Crippen LogP contribution in [0, 0.1) is 10.1 Å². The average Bonchev–Trinajstić information content (AvgIpc) is 3.33. The lowest BCUT2D eigenvalue weighted by Crippen LogP contribution is -2.04. The van der Waals surface area contributed by atoms with Gasteiger partial charge in [0.1, 0.15) is 18.1 Å². The van der Waals surface area contributed by atoms with Crippen molar-refractivity contribution in [2.75, 3.05) is 13.4 Å². The van der Waals surface area contributed by atoms with E-state index >= 15 is 0 Å². The van der Waals surface area contributed by atoms with Crippen LogP contribution in [0.15, 0.2) is 40.9 Å². The summed E-state index contributed by atoms with van der Waals surface area (Å²) in [5.41, 5.74) is 1.15. The molecule has 0 aliphatic heterocycles. The Balaban J connectivity index is 1.89. The van der Waals surface area contributed by atoms with Gasteiger partial charge in [0.2, 0.25) is 11.0 Å². The van der Waals surface area contributed by atoms with Gasteiger partial charge in [0.15, 0.2) is 0 Å². The number of hydrogen-bond donors (Lipinski definition) is 0.